The van der Waals surface area contributed by atoms with Crippen LogP contribution in [0.3, 0.4) is 0 Å². The van der Waals surface area contributed by atoms with Crippen LogP contribution < -0.4 is 5.32 Å². The van der Waals surface area contributed by atoms with E-state index in [0.29, 0.717) is 18.5 Å². The predicted molar refractivity (Wildman–Crippen MR) is 80.3 cm³/mol. The second kappa shape index (κ2) is 6.73. The molecule has 2 atom stereocenters. The number of aliphatic hydroxyl groups is 1. The number of halogens is 2. The van der Waals surface area contributed by atoms with Gasteiger partial charge in [0.25, 0.3) is 0 Å². The van der Waals surface area contributed by atoms with Crippen molar-refractivity contribution < 1.29 is 18.7 Å². The SMILES string of the molecule is CCC(CC)(CO)CNC(=O)C1CC1c1ccc(F)c(F)c1. The van der Waals surface area contributed by atoms with E-state index >= 15 is 0 Å². The first-order valence-corrected chi connectivity index (χ1v) is 7.80. The molecular weight excluding hydrogens is 288 g/mol. The molecule has 0 heterocycles. The number of nitrogens with one attached hydrogen (secondary N) is 1. The van der Waals surface area contributed by atoms with E-state index in [0.717, 1.165) is 18.9 Å². The standard InChI is InChI=1S/C17H23F2NO2/c1-3-17(4-2,10-21)9-20-16(22)13-8-12(13)11-5-6-14(18)15(19)7-11/h5-7,12-13,21H,3-4,8-10H2,1-2H3,(H,20,22). The zero-order valence-corrected chi connectivity index (χ0v) is 13.0. The summed E-state index contributed by atoms with van der Waals surface area (Å²) < 4.78 is 26.2. The number of carbonyl (C=O) groups is 1. The molecule has 1 aliphatic rings. The summed E-state index contributed by atoms with van der Waals surface area (Å²) in [6, 6.07) is 3.80. The number of aliphatic hydroxyl groups excluding tert-OH is 1. The molecule has 2 unspecified atom stereocenters. The lowest BCUT2D eigenvalue weighted by molar-refractivity contribution is -0.123. The summed E-state index contributed by atoms with van der Waals surface area (Å²) >= 11 is 0. The van der Waals surface area contributed by atoms with Gasteiger partial charge in [0.2, 0.25) is 5.91 Å². The van der Waals surface area contributed by atoms with Crippen molar-refractivity contribution >= 4 is 5.91 Å². The van der Waals surface area contributed by atoms with Gasteiger partial charge in [0.1, 0.15) is 0 Å². The van der Waals surface area contributed by atoms with Crippen molar-refractivity contribution in [3.05, 3.63) is 35.4 Å². The van der Waals surface area contributed by atoms with E-state index in [4.69, 9.17) is 0 Å². The van der Waals surface area contributed by atoms with Crippen LogP contribution in [-0.2, 0) is 4.79 Å². The van der Waals surface area contributed by atoms with Crippen LogP contribution in [0.2, 0.25) is 0 Å². The maximum atomic E-state index is 13.2. The summed E-state index contributed by atoms with van der Waals surface area (Å²) in [6.07, 6.45) is 2.23. The summed E-state index contributed by atoms with van der Waals surface area (Å²) in [6.45, 7) is 4.47. The lowest BCUT2D eigenvalue weighted by Crippen LogP contribution is -2.40. The quantitative estimate of drug-likeness (QED) is 0.813. The van der Waals surface area contributed by atoms with Gasteiger partial charge in [0, 0.05) is 17.9 Å². The van der Waals surface area contributed by atoms with Crippen LogP contribution >= 0.6 is 0 Å². The van der Waals surface area contributed by atoms with Crippen LogP contribution in [0.25, 0.3) is 0 Å². The largest absolute Gasteiger partial charge is 0.396 e. The lowest BCUT2D eigenvalue weighted by atomic mass is 9.83. The van der Waals surface area contributed by atoms with E-state index in [-0.39, 0.29) is 29.8 Å². The molecule has 22 heavy (non-hydrogen) atoms. The zero-order valence-electron chi connectivity index (χ0n) is 13.0. The second-order valence-electron chi connectivity index (χ2n) is 6.21. The molecule has 0 radical (unpaired) electrons. The third-order valence-corrected chi connectivity index (χ3v) is 4.97. The van der Waals surface area contributed by atoms with E-state index in [9.17, 15) is 18.7 Å². The topological polar surface area (TPSA) is 49.3 Å². The molecule has 0 saturated heterocycles. The zero-order chi connectivity index (χ0) is 16.3. The van der Waals surface area contributed by atoms with Crippen LogP contribution in [0, 0.1) is 23.0 Å². The molecule has 0 aromatic heterocycles. The Morgan fingerprint density at radius 1 is 1.32 bits per heavy atom. The smallest absolute Gasteiger partial charge is 0.223 e. The van der Waals surface area contributed by atoms with Gasteiger partial charge in [-0.2, -0.15) is 0 Å². The Morgan fingerprint density at radius 3 is 2.55 bits per heavy atom. The minimum Gasteiger partial charge on any atom is -0.396 e. The van der Waals surface area contributed by atoms with Crippen molar-refractivity contribution in [3.8, 4) is 0 Å². The third-order valence-electron chi connectivity index (χ3n) is 4.97. The summed E-state index contributed by atoms with van der Waals surface area (Å²) in [5.41, 5.74) is 0.389. The van der Waals surface area contributed by atoms with Gasteiger partial charge in [-0.3, -0.25) is 4.79 Å². The van der Waals surface area contributed by atoms with Gasteiger partial charge in [-0.15, -0.1) is 0 Å². The van der Waals surface area contributed by atoms with Gasteiger partial charge in [0.15, 0.2) is 11.6 Å². The number of rotatable bonds is 7. The number of hydrogen-bond acceptors (Lipinski definition) is 2. The van der Waals surface area contributed by atoms with Gasteiger partial charge < -0.3 is 10.4 Å². The van der Waals surface area contributed by atoms with Crippen molar-refractivity contribution in [2.75, 3.05) is 13.2 Å². The fourth-order valence-electron chi connectivity index (χ4n) is 2.78. The first-order chi connectivity index (χ1) is 10.5. The summed E-state index contributed by atoms with van der Waals surface area (Å²) in [5.74, 6) is -2.05. The molecule has 1 fully saturated rings. The van der Waals surface area contributed by atoms with Crippen LogP contribution in [0.4, 0.5) is 8.78 Å². The minimum atomic E-state index is -0.875. The van der Waals surface area contributed by atoms with E-state index in [1.807, 2.05) is 13.8 Å². The van der Waals surface area contributed by atoms with E-state index in [2.05, 4.69) is 5.32 Å². The molecule has 0 bridgehead atoms. The average Bonchev–Trinajstić information content (AvgIpc) is 3.32. The van der Waals surface area contributed by atoms with Gasteiger partial charge in [0.05, 0.1) is 6.61 Å². The highest BCUT2D eigenvalue weighted by Gasteiger charge is 2.44. The van der Waals surface area contributed by atoms with E-state index < -0.39 is 11.6 Å². The Balaban J connectivity index is 1.92. The first kappa shape index (κ1) is 16.9. The molecule has 0 spiro atoms. The Labute approximate surface area is 129 Å². The Kier molecular flexibility index (Phi) is 5.16. The van der Waals surface area contributed by atoms with Gasteiger partial charge in [-0.25, -0.2) is 8.78 Å². The maximum absolute atomic E-state index is 13.2. The van der Waals surface area contributed by atoms with Crippen molar-refractivity contribution in [2.45, 2.75) is 39.0 Å². The normalized spacial score (nSPS) is 20.8. The van der Waals surface area contributed by atoms with Crippen LogP contribution in [-0.4, -0.2) is 24.2 Å². The monoisotopic (exact) mass is 311 g/mol. The Bertz CT molecular complexity index is 535. The third kappa shape index (κ3) is 3.46. The highest BCUT2D eigenvalue weighted by Crippen LogP contribution is 2.47. The van der Waals surface area contributed by atoms with Crippen molar-refractivity contribution in [3.63, 3.8) is 0 Å². The summed E-state index contributed by atoms with van der Waals surface area (Å²) in [4.78, 5) is 12.2. The molecule has 0 aliphatic heterocycles. The molecule has 1 aliphatic carbocycles. The molecule has 122 valence electrons. The van der Waals surface area contributed by atoms with Gasteiger partial charge in [-0.1, -0.05) is 19.9 Å². The first-order valence-electron chi connectivity index (χ1n) is 7.80. The van der Waals surface area contributed by atoms with Crippen molar-refractivity contribution in [1.82, 2.24) is 5.32 Å². The molecule has 1 aromatic carbocycles. The fourth-order valence-corrected chi connectivity index (χ4v) is 2.78. The number of carbonyl (C=O) groups excluding carboxylic acids is 1. The summed E-state index contributed by atoms with van der Waals surface area (Å²) in [7, 11) is 0. The predicted octanol–water partition coefficient (Wildman–Crippen LogP) is 2.98. The highest BCUT2D eigenvalue weighted by atomic mass is 19.2. The van der Waals surface area contributed by atoms with Crippen LogP contribution in [0.5, 0.6) is 0 Å². The second-order valence-corrected chi connectivity index (χ2v) is 6.21. The number of hydrogen-bond donors (Lipinski definition) is 2. The maximum Gasteiger partial charge on any atom is 0.223 e. The number of benzene rings is 1. The van der Waals surface area contributed by atoms with Crippen LogP contribution in [0.1, 0.15) is 44.6 Å². The average molecular weight is 311 g/mol. The van der Waals surface area contributed by atoms with Crippen molar-refractivity contribution in [1.29, 1.82) is 0 Å². The van der Waals surface area contributed by atoms with E-state index in [1.54, 1.807) is 0 Å². The van der Waals surface area contributed by atoms with Gasteiger partial charge >= 0.3 is 0 Å². The van der Waals surface area contributed by atoms with Gasteiger partial charge in [-0.05, 0) is 42.9 Å². The molecule has 2 N–H and O–H groups in total. The summed E-state index contributed by atoms with van der Waals surface area (Å²) in [5, 5.41) is 12.4. The highest BCUT2D eigenvalue weighted by molar-refractivity contribution is 5.82. The minimum absolute atomic E-state index is 0.0392. The molecule has 2 rings (SSSR count). The number of amides is 1. The lowest BCUT2D eigenvalue weighted by Gasteiger charge is -2.29. The molecule has 1 amide bonds. The van der Waals surface area contributed by atoms with Crippen molar-refractivity contribution in [2.24, 2.45) is 11.3 Å². The van der Waals surface area contributed by atoms with E-state index in [1.165, 1.54) is 12.1 Å². The molecule has 1 aromatic rings. The molecule has 3 nitrogen and oxygen atoms in total. The Morgan fingerprint density at radius 2 is 2.00 bits per heavy atom. The van der Waals surface area contributed by atoms with Crippen LogP contribution in [0.15, 0.2) is 18.2 Å². The fraction of sp³-hybridized carbons (Fsp3) is 0.588. The molecule has 1 saturated carbocycles. The Hall–Kier alpha value is -1.49. The molecule has 5 heteroatoms. The molecular formula is C17H23F2NO2.